The summed E-state index contributed by atoms with van der Waals surface area (Å²) in [6.45, 7) is 5.00. The highest BCUT2D eigenvalue weighted by Crippen LogP contribution is 2.28. The average Bonchev–Trinajstić information content (AvgIpc) is 2.91. The maximum atomic E-state index is 5.49. The molecule has 0 aliphatic carbocycles. The van der Waals surface area contributed by atoms with Crippen molar-refractivity contribution in [3.63, 3.8) is 0 Å². The zero-order chi connectivity index (χ0) is 11.4. The Hall–Kier alpha value is -0.870. The van der Waals surface area contributed by atoms with Gasteiger partial charge in [-0.15, -0.1) is 0 Å². The highest BCUT2D eigenvalue weighted by atomic mass is 16.5. The summed E-state index contributed by atoms with van der Waals surface area (Å²) in [4.78, 5) is 4.20. The van der Waals surface area contributed by atoms with Crippen LogP contribution in [0.4, 0.5) is 0 Å². The van der Waals surface area contributed by atoms with Gasteiger partial charge in [0.25, 0.3) is 0 Å². The smallest absolute Gasteiger partial charge is 0.0946 e. The Balaban J connectivity index is 2.10. The highest BCUT2D eigenvalue weighted by molar-refractivity contribution is 5.07. The standard InChI is InChI=1S/C12H21N3O/c1-3-5-14-12(10-4-6-16-8-10)11-7-13-9-15(11)2/h7,9-10,12,14H,3-6,8H2,1-2H3. The fourth-order valence-electron chi connectivity index (χ4n) is 2.30. The van der Waals surface area contributed by atoms with Crippen LogP contribution in [0.1, 0.15) is 31.5 Å². The average molecular weight is 223 g/mol. The van der Waals surface area contributed by atoms with Gasteiger partial charge in [-0.1, -0.05) is 6.92 Å². The van der Waals surface area contributed by atoms with E-state index >= 15 is 0 Å². The summed E-state index contributed by atoms with van der Waals surface area (Å²) < 4.78 is 7.59. The first-order valence-corrected chi connectivity index (χ1v) is 6.10. The van der Waals surface area contributed by atoms with Crippen molar-refractivity contribution in [1.82, 2.24) is 14.9 Å². The predicted octanol–water partition coefficient (Wildman–Crippen LogP) is 1.50. The van der Waals surface area contributed by atoms with Gasteiger partial charge < -0.3 is 14.6 Å². The molecular formula is C12H21N3O. The molecule has 0 spiro atoms. The van der Waals surface area contributed by atoms with Crippen molar-refractivity contribution in [3.05, 3.63) is 18.2 Å². The van der Waals surface area contributed by atoms with Crippen LogP contribution in [0.2, 0.25) is 0 Å². The van der Waals surface area contributed by atoms with Crippen molar-refractivity contribution in [2.24, 2.45) is 13.0 Å². The van der Waals surface area contributed by atoms with Gasteiger partial charge in [0.2, 0.25) is 0 Å². The molecule has 1 aromatic heterocycles. The van der Waals surface area contributed by atoms with Gasteiger partial charge in [0.1, 0.15) is 0 Å². The van der Waals surface area contributed by atoms with Crippen molar-refractivity contribution in [2.75, 3.05) is 19.8 Å². The van der Waals surface area contributed by atoms with E-state index < -0.39 is 0 Å². The van der Waals surface area contributed by atoms with E-state index in [-0.39, 0.29) is 0 Å². The van der Waals surface area contributed by atoms with E-state index in [4.69, 9.17) is 4.74 Å². The molecule has 1 fully saturated rings. The first-order chi connectivity index (χ1) is 7.83. The van der Waals surface area contributed by atoms with Crippen LogP contribution in [0, 0.1) is 5.92 Å². The van der Waals surface area contributed by atoms with E-state index in [0.717, 1.165) is 32.6 Å². The number of hydrogen-bond acceptors (Lipinski definition) is 3. The lowest BCUT2D eigenvalue weighted by molar-refractivity contribution is 0.176. The van der Waals surface area contributed by atoms with Crippen molar-refractivity contribution < 1.29 is 4.74 Å². The van der Waals surface area contributed by atoms with Gasteiger partial charge in [-0.3, -0.25) is 0 Å². The summed E-state index contributed by atoms with van der Waals surface area (Å²) in [7, 11) is 2.05. The normalized spacial score (nSPS) is 22.5. The molecule has 2 unspecified atom stereocenters. The van der Waals surface area contributed by atoms with Gasteiger partial charge in [-0.2, -0.15) is 0 Å². The summed E-state index contributed by atoms with van der Waals surface area (Å²) in [5.74, 6) is 0.585. The molecule has 2 rings (SSSR count). The molecule has 1 aromatic rings. The number of imidazole rings is 1. The van der Waals surface area contributed by atoms with Gasteiger partial charge in [0.15, 0.2) is 0 Å². The minimum Gasteiger partial charge on any atom is -0.381 e. The largest absolute Gasteiger partial charge is 0.381 e. The Bertz CT molecular complexity index is 318. The molecule has 0 bridgehead atoms. The van der Waals surface area contributed by atoms with Crippen LogP contribution in [-0.4, -0.2) is 29.3 Å². The first kappa shape index (κ1) is 11.6. The molecule has 16 heavy (non-hydrogen) atoms. The van der Waals surface area contributed by atoms with Crippen molar-refractivity contribution in [2.45, 2.75) is 25.8 Å². The fourth-order valence-corrected chi connectivity index (χ4v) is 2.30. The number of aryl methyl sites for hydroxylation is 1. The zero-order valence-corrected chi connectivity index (χ0v) is 10.1. The van der Waals surface area contributed by atoms with Crippen LogP contribution < -0.4 is 5.32 Å². The molecule has 0 amide bonds. The van der Waals surface area contributed by atoms with E-state index in [0.29, 0.717) is 12.0 Å². The van der Waals surface area contributed by atoms with E-state index in [1.54, 1.807) is 0 Å². The maximum Gasteiger partial charge on any atom is 0.0946 e. The molecular weight excluding hydrogens is 202 g/mol. The van der Waals surface area contributed by atoms with Gasteiger partial charge in [-0.25, -0.2) is 4.98 Å². The maximum absolute atomic E-state index is 5.49. The van der Waals surface area contributed by atoms with Crippen LogP contribution in [0.25, 0.3) is 0 Å². The van der Waals surface area contributed by atoms with E-state index in [1.807, 2.05) is 12.5 Å². The monoisotopic (exact) mass is 223 g/mol. The second-order valence-electron chi connectivity index (χ2n) is 4.48. The van der Waals surface area contributed by atoms with Crippen LogP contribution in [0.3, 0.4) is 0 Å². The lowest BCUT2D eigenvalue weighted by Crippen LogP contribution is -2.30. The third-order valence-electron chi connectivity index (χ3n) is 3.22. The minimum atomic E-state index is 0.384. The number of nitrogens with zero attached hydrogens (tertiary/aromatic N) is 2. The Kier molecular flexibility index (Phi) is 3.96. The van der Waals surface area contributed by atoms with Crippen LogP contribution in [-0.2, 0) is 11.8 Å². The molecule has 1 N–H and O–H groups in total. The molecule has 0 radical (unpaired) electrons. The molecule has 0 saturated carbocycles. The number of hydrogen-bond donors (Lipinski definition) is 1. The minimum absolute atomic E-state index is 0.384. The number of rotatable bonds is 5. The van der Waals surface area contributed by atoms with Gasteiger partial charge in [0.05, 0.1) is 24.7 Å². The number of aromatic nitrogens is 2. The third-order valence-corrected chi connectivity index (χ3v) is 3.22. The Morgan fingerprint density at radius 3 is 3.12 bits per heavy atom. The molecule has 2 heterocycles. The van der Waals surface area contributed by atoms with Gasteiger partial charge in [-0.05, 0) is 19.4 Å². The molecule has 1 aliphatic rings. The first-order valence-electron chi connectivity index (χ1n) is 6.10. The van der Waals surface area contributed by atoms with E-state index in [9.17, 15) is 0 Å². The van der Waals surface area contributed by atoms with E-state index in [2.05, 4.69) is 28.8 Å². The van der Waals surface area contributed by atoms with Crippen LogP contribution >= 0.6 is 0 Å². The van der Waals surface area contributed by atoms with Gasteiger partial charge in [0, 0.05) is 25.8 Å². The number of ether oxygens (including phenoxy) is 1. The molecule has 0 aromatic carbocycles. The Labute approximate surface area is 97.0 Å². The Morgan fingerprint density at radius 2 is 2.56 bits per heavy atom. The third kappa shape index (κ3) is 2.44. The van der Waals surface area contributed by atoms with Crippen molar-refractivity contribution in [1.29, 1.82) is 0 Å². The van der Waals surface area contributed by atoms with Crippen LogP contribution in [0.15, 0.2) is 12.5 Å². The number of nitrogens with one attached hydrogen (secondary N) is 1. The lowest BCUT2D eigenvalue weighted by atomic mass is 9.96. The van der Waals surface area contributed by atoms with Gasteiger partial charge >= 0.3 is 0 Å². The highest BCUT2D eigenvalue weighted by Gasteiger charge is 2.28. The van der Waals surface area contributed by atoms with Crippen LogP contribution in [0.5, 0.6) is 0 Å². The summed E-state index contributed by atoms with van der Waals surface area (Å²) >= 11 is 0. The molecule has 2 atom stereocenters. The summed E-state index contributed by atoms with van der Waals surface area (Å²) in [5, 5.41) is 3.61. The van der Waals surface area contributed by atoms with E-state index in [1.165, 1.54) is 5.69 Å². The molecule has 1 aliphatic heterocycles. The fraction of sp³-hybridized carbons (Fsp3) is 0.750. The van der Waals surface area contributed by atoms with Crippen molar-refractivity contribution >= 4 is 0 Å². The molecule has 4 heteroatoms. The lowest BCUT2D eigenvalue weighted by Gasteiger charge is -2.24. The van der Waals surface area contributed by atoms with Crippen molar-refractivity contribution in [3.8, 4) is 0 Å². The Morgan fingerprint density at radius 1 is 1.69 bits per heavy atom. The topological polar surface area (TPSA) is 39.1 Å². The molecule has 4 nitrogen and oxygen atoms in total. The summed E-state index contributed by atoms with van der Waals surface area (Å²) in [6.07, 6.45) is 6.13. The SMILES string of the molecule is CCCNC(c1cncn1C)C1CCOC1. The zero-order valence-electron chi connectivity index (χ0n) is 10.1. The summed E-state index contributed by atoms with van der Waals surface area (Å²) in [6, 6.07) is 0.384. The molecule has 1 saturated heterocycles. The second kappa shape index (κ2) is 5.46. The quantitative estimate of drug-likeness (QED) is 0.822. The summed E-state index contributed by atoms with van der Waals surface area (Å²) in [5.41, 5.74) is 1.27. The molecule has 90 valence electrons. The predicted molar refractivity (Wildman–Crippen MR) is 63.2 cm³/mol. The second-order valence-corrected chi connectivity index (χ2v) is 4.48.